The molecule has 2 heteroatoms. The highest BCUT2D eigenvalue weighted by atomic mass is 35.5. The van der Waals surface area contributed by atoms with Gasteiger partial charge in [0.25, 0.3) is 0 Å². The second-order valence-electron chi connectivity index (χ2n) is 10.9. The fourth-order valence-corrected chi connectivity index (χ4v) is 7.82. The van der Waals surface area contributed by atoms with Crippen LogP contribution in [0, 0.1) is 17.3 Å². The molecule has 0 saturated heterocycles. The Bertz CT molecular complexity index is 844. The van der Waals surface area contributed by atoms with E-state index in [0.717, 1.165) is 23.3 Å². The first-order valence-electron chi connectivity index (χ1n) is 12.0. The van der Waals surface area contributed by atoms with Crippen LogP contribution < -0.4 is 5.32 Å². The van der Waals surface area contributed by atoms with Gasteiger partial charge in [0.05, 0.1) is 0 Å². The van der Waals surface area contributed by atoms with Crippen molar-refractivity contribution in [3.63, 3.8) is 0 Å². The second kappa shape index (κ2) is 7.99. The van der Waals surface area contributed by atoms with E-state index in [9.17, 15) is 0 Å². The maximum absolute atomic E-state index is 6.22. The number of rotatable bonds is 7. The molecule has 0 radical (unpaired) electrons. The van der Waals surface area contributed by atoms with Crippen molar-refractivity contribution < 1.29 is 0 Å². The molecule has 1 nitrogen and oxygen atoms in total. The Hall–Kier alpha value is -1.31. The normalized spacial score (nSPS) is 34.1. The zero-order valence-electron chi connectivity index (χ0n) is 18.5. The van der Waals surface area contributed by atoms with Crippen molar-refractivity contribution in [3.05, 3.63) is 70.7 Å². The fraction of sp³-hybridized carbons (Fsp3) is 0.571. The lowest BCUT2D eigenvalue weighted by molar-refractivity contribution is -0.0894. The Morgan fingerprint density at radius 1 is 0.933 bits per heavy atom. The van der Waals surface area contributed by atoms with Gasteiger partial charge in [-0.15, -0.1) is 0 Å². The van der Waals surface area contributed by atoms with E-state index in [4.69, 9.17) is 11.6 Å². The minimum Gasteiger partial charge on any atom is -0.311 e. The van der Waals surface area contributed by atoms with Gasteiger partial charge >= 0.3 is 0 Å². The number of aryl methyl sites for hydroxylation is 1. The minimum absolute atomic E-state index is 0.387. The van der Waals surface area contributed by atoms with E-state index in [2.05, 4.69) is 73.8 Å². The molecule has 0 heterocycles. The van der Waals surface area contributed by atoms with Gasteiger partial charge in [-0.2, -0.15) is 0 Å². The van der Waals surface area contributed by atoms with Crippen molar-refractivity contribution in [2.75, 3.05) is 0 Å². The third-order valence-electron chi connectivity index (χ3n) is 8.72. The van der Waals surface area contributed by atoms with Crippen molar-refractivity contribution >= 4 is 11.6 Å². The lowest BCUT2D eigenvalue weighted by Crippen LogP contribution is -2.60. The van der Waals surface area contributed by atoms with Crippen LogP contribution in [0.25, 0.3) is 0 Å². The molecule has 4 saturated carbocycles. The predicted octanol–water partition coefficient (Wildman–Crippen LogP) is 7.18. The number of benzene rings is 2. The molecule has 30 heavy (non-hydrogen) atoms. The van der Waals surface area contributed by atoms with Crippen LogP contribution >= 0.6 is 11.6 Å². The van der Waals surface area contributed by atoms with Gasteiger partial charge in [0.2, 0.25) is 0 Å². The monoisotopic (exact) mass is 421 g/mol. The van der Waals surface area contributed by atoms with E-state index >= 15 is 0 Å². The molecule has 0 aliphatic heterocycles. The first-order valence-corrected chi connectivity index (χ1v) is 12.4. The standard InChI is InChI=1S/C28H36ClN/c1-20(8-9-22-6-4-3-5-7-22)30-21(2)27-15-23-14-24(16-27)18-28(17-23,19-27)25-10-12-26(29)13-11-25/h3-7,10-13,20-21,23-24,30H,8-9,14-19H2,1-2H3/t20-,21-,23-,24+,27?,28?/m0/s1. The highest BCUT2D eigenvalue weighted by Crippen LogP contribution is 2.66. The molecule has 2 unspecified atom stereocenters. The zero-order valence-corrected chi connectivity index (χ0v) is 19.3. The topological polar surface area (TPSA) is 12.0 Å². The van der Waals surface area contributed by atoms with Crippen LogP contribution in [0.15, 0.2) is 54.6 Å². The summed E-state index contributed by atoms with van der Waals surface area (Å²) in [6, 6.07) is 20.9. The lowest BCUT2D eigenvalue weighted by atomic mass is 9.41. The third-order valence-corrected chi connectivity index (χ3v) is 8.98. The summed E-state index contributed by atoms with van der Waals surface area (Å²) in [4.78, 5) is 0. The number of hydrogen-bond acceptors (Lipinski definition) is 1. The van der Waals surface area contributed by atoms with Crippen LogP contribution in [0.3, 0.4) is 0 Å². The van der Waals surface area contributed by atoms with Crippen LogP contribution in [0.1, 0.15) is 69.9 Å². The molecule has 1 N–H and O–H groups in total. The summed E-state index contributed by atoms with van der Waals surface area (Å²) in [5, 5.41) is 4.93. The maximum Gasteiger partial charge on any atom is 0.0406 e. The number of halogens is 1. The maximum atomic E-state index is 6.22. The molecular weight excluding hydrogens is 386 g/mol. The van der Waals surface area contributed by atoms with E-state index in [1.54, 1.807) is 5.56 Å². The summed E-state index contributed by atoms with van der Waals surface area (Å²) < 4.78 is 0. The van der Waals surface area contributed by atoms with Crippen LogP contribution in [0.5, 0.6) is 0 Å². The van der Waals surface area contributed by atoms with Crippen molar-refractivity contribution in [3.8, 4) is 0 Å². The highest BCUT2D eigenvalue weighted by Gasteiger charge is 2.59. The summed E-state index contributed by atoms with van der Waals surface area (Å²) in [7, 11) is 0. The minimum atomic E-state index is 0.387. The van der Waals surface area contributed by atoms with Crippen molar-refractivity contribution in [2.45, 2.75) is 82.7 Å². The van der Waals surface area contributed by atoms with Crippen molar-refractivity contribution in [1.29, 1.82) is 0 Å². The second-order valence-corrected chi connectivity index (χ2v) is 11.4. The van der Waals surface area contributed by atoms with Crippen molar-refractivity contribution in [1.82, 2.24) is 5.32 Å². The molecule has 2 aromatic carbocycles. The summed E-state index contributed by atoms with van der Waals surface area (Å²) in [6.07, 6.45) is 10.8. The van der Waals surface area contributed by atoms with Crippen LogP contribution in [0.2, 0.25) is 5.02 Å². The molecule has 160 valence electrons. The Balaban J connectivity index is 1.30. The average molecular weight is 422 g/mol. The number of hydrogen-bond donors (Lipinski definition) is 1. The average Bonchev–Trinajstić information content (AvgIpc) is 2.72. The smallest absolute Gasteiger partial charge is 0.0406 e. The SMILES string of the molecule is C[C@H](N[C@@H](C)CCc1ccccc1)C12C[C@@H]3C[C@@H](CC(c4ccc(Cl)cc4)(C3)C1)C2. The van der Waals surface area contributed by atoms with Gasteiger partial charge in [-0.3, -0.25) is 0 Å². The fourth-order valence-electron chi connectivity index (χ4n) is 7.70. The summed E-state index contributed by atoms with van der Waals surface area (Å²) in [5.74, 6) is 1.82. The Morgan fingerprint density at radius 3 is 2.27 bits per heavy atom. The molecule has 2 aromatic rings. The molecule has 6 rings (SSSR count). The summed E-state index contributed by atoms with van der Waals surface area (Å²) >= 11 is 6.22. The first-order chi connectivity index (χ1) is 14.5. The molecule has 4 aliphatic rings. The van der Waals surface area contributed by atoms with Gasteiger partial charge in [-0.25, -0.2) is 0 Å². The van der Waals surface area contributed by atoms with Gasteiger partial charge in [-0.05, 0) is 111 Å². The predicted molar refractivity (Wildman–Crippen MR) is 127 cm³/mol. The largest absolute Gasteiger partial charge is 0.311 e. The molecule has 4 aliphatic carbocycles. The molecule has 0 amide bonds. The van der Waals surface area contributed by atoms with E-state index in [-0.39, 0.29) is 0 Å². The Labute approximate surface area is 187 Å². The van der Waals surface area contributed by atoms with Gasteiger partial charge in [-0.1, -0.05) is 54.1 Å². The highest BCUT2D eigenvalue weighted by molar-refractivity contribution is 6.30. The van der Waals surface area contributed by atoms with Gasteiger partial charge in [0, 0.05) is 17.1 Å². The van der Waals surface area contributed by atoms with Crippen molar-refractivity contribution in [2.24, 2.45) is 17.3 Å². The van der Waals surface area contributed by atoms with Gasteiger partial charge in [0.15, 0.2) is 0 Å². The zero-order chi connectivity index (χ0) is 20.8. The Morgan fingerprint density at radius 2 is 1.60 bits per heavy atom. The Kier molecular flexibility index (Phi) is 5.48. The van der Waals surface area contributed by atoms with Crippen LogP contribution in [-0.4, -0.2) is 12.1 Å². The van der Waals surface area contributed by atoms with E-state index in [1.807, 2.05) is 0 Å². The molecule has 0 aromatic heterocycles. The number of nitrogens with one attached hydrogen (secondary N) is 1. The quantitative estimate of drug-likeness (QED) is 0.499. The van der Waals surface area contributed by atoms with E-state index < -0.39 is 0 Å². The van der Waals surface area contributed by atoms with E-state index in [1.165, 1.54) is 50.5 Å². The molecule has 4 fully saturated rings. The molecule has 6 atom stereocenters. The van der Waals surface area contributed by atoms with E-state index in [0.29, 0.717) is 22.9 Å². The summed E-state index contributed by atoms with van der Waals surface area (Å²) in [6.45, 7) is 4.87. The third kappa shape index (κ3) is 3.84. The van der Waals surface area contributed by atoms with Gasteiger partial charge in [0.1, 0.15) is 0 Å². The summed E-state index contributed by atoms with van der Waals surface area (Å²) in [5.41, 5.74) is 3.85. The lowest BCUT2D eigenvalue weighted by Gasteiger charge is -2.64. The van der Waals surface area contributed by atoms with Crippen LogP contribution in [0.4, 0.5) is 0 Å². The first kappa shape index (κ1) is 20.6. The molecular formula is C28H36ClN. The molecule has 4 bridgehead atoms. The van der Waals surface area contributed by atoms with Gasteiger partial charge < -0.3 is 5.32 Å². The van der Waals surface area contributed by atoms with Crippen LogP contribution in [-0.2, 0) is 11.8 Å². The molecule has 0 spiro atoms.